The average molecular weight is 634 g/mol. The number of hydrogen-bond donors (Lipinski definition) is 2. The highest BCUT2D eigenvalue weighted by Gasteiger charge is 2.26. The van der Waals surface area contributed by atoms with E-state index < -0.39 is 0 Å². The third kappa shape index (κ3) is 8.02. The van der Waals surface area contributed by atoms with Crippen LogP contribution in [0.5, 0.6) is 0 Å². The molecule has 2 aliphatic heterocycles. The Kier molecular flexibility index (Phi) is 10.3. The first-order chi connectivity index (χ1) is 14.5. The van der Waals surface area contributed by atoms with Gasteiger partial charge in [0.25, 0.3) is 0 Å². The van der Waals surface area contributed by atoms with E-state index in [9.17, 15) is 10.2 Å². The van der Waals surface area contributed by atoms with Crippen LogP contribution in [0.25, 0.3) is 0 Å². The van der Waals surface area contributed by atoms with Gasteiger partial charge in [0, 0.05) is 47.1 Å². The Labute approximate surface area is 207 Å². The maximum absolute atomic E-state index is 9.63. The predicted molar refractivity (Wildman–Crippen MR) is 140 cm³/mol. The third-order valence-electron chi connectivity index (χ3n) is 5.68. The molecule has 0 radical (unpaired) electrons. The number of aliphatic hydroxyl groups excluding tert-OH is 2. The Morgan fingerprint density at radius 3 is 1.37 bits per heavy atom. The van der Waals surface area contributed by atoms with Gasteiger partial charge in [-0.2, -0.15) is 0 Å². The topological polar surface area (TPSA) is 46.9 Å². The van der Waals surface area contributed by atoms with Crippen LogP contribution in [0.15, 0.2) is 60.7 Å². The molecule has 0 unspecified atom stereocenters. The van der Waals surface area contributed by atoms with Crippen molar-refractivity contribution in [2.24, 2.45) is 0 Å². The summed E-state index contributed by atoms with van der Waals surface area (Å²) in [5.41, 5.74) is 2.72. The van der Waals surface area contributed by atoms with Gasteiger partial charge in [-0.15, -0.1) is 0 Å². The highest BCUT2D eigenvalue weighted by molar-refractivity contribution is 14.1. The number of nitrogens with zero attached hydrogens (tertiary/aromatic N) is 2. The lowest BCUT2D eigenvalue weighted by atomic mass is 10.1. The van der Waals surface area contributed by atoms with E-state index in [2.05, 4.69) is 104 Å². The summed E-state index contributed by atoms with van der Waals surface area (Å²) in [4.78, 5) is 4.83. The molecule has 30 heavy (non-hydrogen) atoms. The van der Waals surface area contributed by atoms with Gasteiger partial charge in [-0.1, -0.05) is 106 Å². The van der Waals surface area contributed by atoms with E-state index in [1.165, 1.54) is 11.1 Å². The smallest absolute Gasteiger partial charge is 0.0682 e. The molecule has 2 fully saturated rings. The first-order valence-electron chi connectivity index (χ1n) is 10.7. The van der Waals surface area contributed by atoms with Gasteiger partial charge in [0.15, 0.2) is 0 Å². The second kappa shape index (κ2) is 12.7. The minimum Gasteiger partial charge on any atom is -0.392 e. The summed E-state index contributed by atoms with van der Waals surface area (Å²) in [6.07, 6.45) is 1.58. The molecular formula is C24H32I2N2O2. The Hall–Kier alpha value is -0.260. The Balaban J connectivity index is 0.000000171. The number of alkyl halides is 2. The lowest BCUT2D eigenvalue weighted by Gasteiger charge is -2.33. The quantitative estimate of drug-likeness (QED) is 0.393. The van der Waals surface area contributed by atoms with Gasteiger partial charge < -0.3 is 10.2 Å². The van der Waals surface area contributed by atoms with Gasteiger partial charge in [0.05, 0.1) is 12.2 Å². The minimum absolute atomic E-state index is 0.113. The van der Waals surface area contributed by atoms with Crippen molar-refractivity contribution in [2.45, 2.75) is 46.0 Å². The molecule has 4 rings (SSSR count). The molecule has 2 aliphatic rings. The van der Waals surface area contributed by atoms with Crippen molar-refractivity contribution < 1.29 is 10.2 Å². The van der Waals surface area contributed by atoms with Crippen LogP contribution < -0.4 is 0 Å². The van der Waals surface area contributed by atoms with Crippen molar-refractivity contribution >= 4 is 45.2 Å². The van der Waals surface area contributed by atoms with E-state index in [0.29, 0.717) is 7.85 Å². The van der Waals surface area contributed by atoms with E-state index in [0.717, 1.165) is 52.1 Å². The normalized spacial score (nSPS) is 27.9. The van der Waals surface area contributed by atoms with E-state index in [-0.39, 0.29) is 12.2 Å². The zero-order valence-electron chi connectivity index (χ0n) is 17.3. The summed E-state index contributed by atoms with van der Waals surface area (Å²) in [5, 5.41) is 19.3. The molecule has 0 spiro atoms. The molecular weight excluding hydrogens is 602 g/mol. The van der Waals surface area contributed by atoms with Crippen LogP contribution in [-0.4, -0.2) is 66.2 Å². The number of benzene rings is 2. The lowest BCUT2D eigenvalue weighted by Crippen LogP contribution is -2.43. The standard InChI is InChI=1S/2C12H16INO/c2*13-11-9-14(7-6-12(11)15)8-10-4-2-1-3-5-10/h2*1-5,11-12,15H,6-9H2/t2*11-,12+/m00/s1. The molecule has 0 aromatic heterocycles. The number of halogens is 2. The van der Waals surface area contributed by atoms with Gasteiger partial charge in [0.1, 0.15) is 0 Å². The third-order valence-corrected chi connectivity index (χ3v) is 8.13. The zero-order chi connectivity index (χ0) is 21.3. The molecule has 0 saturated carbocycles. The van der Waals surface area contributed by atoms with Gasteiger partial charge in [0.2, 0.25) is 0 Å². The highest BCUT2D eigenvalue weighted by Crippen LogP contribution is 2.20. The van der Waals surface area contributed by atoms with Gasteiger partial charge in [-0.25, -0.2) is 0 Å². The first-order valence-corrected chi connectivity index (χ1v) is 13.2. The molecule has 2 aromatic rings. The van der Waals surface area contributed by atoms with Crippen molar-refractivity contribution in [2.75, 3.05) is 26.2 Å². The summed E-state index contributed by atoms with van der Waals surface area (Å²) in [6.45, 7) is 6.03. The van der Waals surface area contributed by atoms with Crippen LogP contribution >= 0.6 is 45.2 Å². The van der Waals surface area contributed by atoms with E-state index in [1.54, 1.807) is 0 Å². The van der Waals surface area contributed by atoms with Gasteiger partial charge >= 0.3 is 0 Å². The summed E-state index contributed by atoms with van der Waals surface area (Å²) < 4.78 is 0.750. The molecule has 0 amide bonds. The van der Waals surface area contributed by atoms with Crippen LogP contribution in [0, 0.1) is 0 Å². The number of piperidine rings is 2. The van der Waals surface area contributed by atoms with Crippen molar-refractivity contribution in [3.05, 3.63) is 71.8 Å². The van der Waals surface area contributed by atoms with Crippen LogP contribution in [0.3, 0.4) is 0 Å². The Bertz CT molecular complexity index is 671. The number of rotatable bonds is 4. The number of aliphatic hydroxyl groups is 2. The van der Waals surface area contributed by atoms with Gasteiger partial charge in [-0.3, -0.25) is 9.80 Å². The highest BCUT2D eigenvalue weighted by atomic mass is 127. The Morgan fingerprint density at radius 2 is 1.03 bits per heavy atom. The molecule has 0 bridgehead atoms. The molecule has 0 aliphatic carbocycles. The first kappa shape index (κ1) is 24.4. The molecule has 164 valence electrons. The SMILES string of the molecule is O[C@@H]1CCN(Cc2ccccc2)C[C@@H]1I.O[C@@H]1CCN(Cc2ccccc2)C[C@@H]1I. The van der Waals surface area contributed by atoms with Crippen LogP contribution in [-0.2, 0) is 13.1 Å². The van der Waals surface area contributed by atoms with E-state index in [4.69, 9.17) is 0 Å². The Morgan fingerprint density at radius 1 is 0.667 bits per heavy atom. The number of likely N-dealkylation sites (tertiary alicyclic amines) is 2. The van der Waals surface area contributed by atoms with Crippen LogP contribution in [0.1, 0.15) is 24.0 Å². The summed E-state index contributed by atoms with van der Waals surface area (Å²) in [6, 6.07) is 21.0. The zero-order valence-corrected chi connectivity index (χ0v) is 21.6. The second-order valence-corrected chi connectivity index (χ2v) is 11.4. The molecule has 2 aromatic carbocycles. The molecule has 2 saturated heterocycles. The molecule has 2 heterocycles. The van der Waals surface area contributed by atoms with Gasteiger partial charge in [-0.05, 0) is 24.0 Å². The van der Waals surface area contributed by atoms with Crippen molar-refractivity contribution in [3.63, 3.8) is 0 Å². The molecule has 4 nitrogen and oxygen atoms in total. The maximum Gasteiger partial charge on any atom is 0.0682 e. The van der Waals surface area contributed by atoms with Crippen LogP contribution in [0.2, 0.25) is 0 Å². The monoisotopic (exact) mass is 634 g/mol. The fraction of sp³-hybridized carbons (Fsp3) is 0.500. The second-order valence-electron chi connectivity index (χ2n) is 8.19. The fourth-order valence-electron chi connectivity index (χ4n) is 3.88. The largest absolute Gasteiger partial charge is 0.392 e. The molecule has 2 N–H and O–H groups in total. The predicted octanol–water partition coefficient (Wildman–Crippen LogP) is 4.11. The average Bonchev–Trinajstić information content (AvgIpc) is 2.75. The van der Waals surface area contributed by atoms with Crippen molar-refractivity contribution in [1.29, 1.82) is 0 Å². The molecule has 4 atom stereocenters. The van der Waals surface area contributed by atoms with Crippen molar-refractivity contribution in [1.82, 2.24) is 9.80 Å². The summed E-state index contributed by atoms with van der Waals surface area (Å²) in [5.74, 6) is 0. The van der Waals surface area contributed by atoms with Crippen LogP contribution in [0.4, 0.5) is 0 Å². The fourth-order valence-corrected chi connectivity index (χ4v) is 5.71. The summed E-state index contributed by atoms with van der Waals surface area (Å²) >= 11 is 4.70. The minimum atomic E-state index is -0.113. The van der Waals surface area contributed by atoms with E-state index in [1.807, 2.05) is 12.1 Å². The van der Waals surface area contributed by atoms with E-state index >= 15 is 0 Å². The lowest BCUT2D eigenvalue weighted by molar-refractivity contribution is 0.0906. The summed E-state index contributed by atoms with van der Waals surface area (Å²) in [7, 11) is 0. The maximum atomic E-state index is 9.63. The van der Waals surface area contributed by atoms with Crippen molar-refractivity contribution in [3.8, 4) is 0 Å². The molecule has 6 heteroatoms. The number of hydrogen-bond acceptors (Lipinski definition) is 4.